The van der Waals surface area contributed by atoms with E-state index in [0.29, 0.717) is 15.6 Å². The largest absolute Gasteiger partial charge is 0.301 e. The van der Waals surface area contributed by atoms with Crippen LogP contribution in [-0.2, 0) is 6.54 Å². The molecule has 1 unspecified atom stereocenters. The van der Waals surface area contributed by atoms with Crippen LogP contribution in [-0.4, -0.2) is 24.4 Å². The molecule has 2 aromatic rings. The Hall–Kier alpha value is -1.55. The SMILES string of the molecule is CN1Cc2c(Cl)cc(Cl)cc2C(c2cccc(C([NH])=O)c2)C1. The third kappa shape index (κ3) is 2.84. The minimum absolute atomic E-state index is 0.0873. The number of benzene rings is 2. The van der Waals surface area contributed by atoms with Crippen molar-refractivity contribution in [3.63, 3.8) is 0 Å². The van der Waals surface area contributed by atoms with Crippen molar-refractivity contribution >= 4 is 29.1 Å². The maximum absolute atomic E-state index is 11.3. The lowest BCUT2D eigenvalue weighted by atomic mass is 9.84. The van der Waals surface area contributed by atoms with E-state index in [9.17, 15) is 4.79 Å². The first-order valence-electron chi connectivity index (χ1n) is 6.98. The number of fused-ring (bicyclic) bond motifs is 1. The molecule has 2 aromatic carbocycles. The van der Waals surface area contributed by atoms with Gasteiger partial charge in [0.25, 0.3) is 5.91 Å². The second-order valence-electron chi connectivity index (χ2n) is 5.66. The highest BCUT2D eigenvalue weighted by molar-refractivity contribution is 6.35. The number of nitrogens with zero attached hydrogens (tertiary/aromatic N) is 1. The summed E-state index contributed by atoms with van der Waals surface area (Å²) in [5.74, 6) is -0.584. The van der Waals surface area contributed by atoms with Crippen LogP contribution in [0.15, 0.2) is 36.4 Å². The zero-order chi connectivity index (χ0) is 15.9. The van der Waals surface area contributed by atoms with Crippen molar-refractivity contribution in [1.82, 2.24) is 10.6 Å². The average Bonchev–Trinajstić information content (AvgIpc) is 2.47. The zero-order valence-electron chi connectivity index (χ0n) is 12.1. The Balaban J connectivity index is 2.13. The molecule has 0 spiro atoms. The number of carbonyl (C=O) groups is 1. The summed E-state index contributed by atoms with van der Waals surface area (Å²) < 4.78 is 0. The standard InChI is InChI=1S/C17H15Cl2N2O/c1-21-8-14(10-3-2-4-11(5-10)17(20)22)13-6-12(18)7-16(19)15(13)9-21/h2-7,14,20H,8-9H2,1H3. The molecule has 1 aliphatic rings. The van der Waals surface area contributed by atoms with Crippen molar-refractivity contribution in [1.29, 1.82) is 0 Å². The molecule has 0 saturated carbocycles. The number of likely N-dealkylation sites (N-methyl/N-ethyl adjacent to an activating group) is 1. The third-order valence-electron chi connectivity index (χ3n) is 4.04. The number of carbonyl (C=O) groups excluding carboxylic acids is 1. The van der Waals surface area contributed by atoms with E-state index in [1.54, 1.807) is 18.2 Å². The topological polar surface area (TPSA) is 44.1 Å². The van der Waals surface area contributed by atoms with Crippen LogP contribution in [0.3, 0.4) is 0 Å². The summed E-state index contributed by atoms with van der Waals surface area (Å²) >= 11 is 12.5. The van der Waals surface area contributed by atoms with Gasteiger partial charge in [-0.3, -0.25) is 10.5 Å². The quantitative estimate of drug-likeness (QED) is 0.833. The number of hydrogen-bond acceptors (Lipinski definition) is 2. The van der Waals surface area contributed by atoms with E-state index < -0.39 is 5.91 Å². The Bertz CT molecular complexity index is 745. The van der Waals surface area contributed by atoms with Crippen molar-refractivity contribution in [2.24, 2.45) is 0 Å². The predicted octanol–water partition coefficient (Wildman–Crippen LogP) is 3.99. The first-order valence-corrected chi connectivity index (χ1v) is 7.73. The number of halogens is 2. The molecule has 0 bridgehead atoms. The maximum Gasteiger partial charge on any atom is 0.269 e. The smallest absolute Gasteiger partial charge is 0.269 e. The normalized spacial score (nSPS) is 18.0. The van der Waals surface area contributed by atoms with Crippen LogP contribution >= 0.6 is 23.2 Å². The van der Waals surface area contributed by atoms with Crippen molar-refractivity contribution < 1.29 is 4.79 Å². The first kappa shape index (κ1) is 15.3. The van der Waals surface area contributed by atoms with Gasteiger partial charge in [-0.2, -0.15) is 0 Å². The lowest BCUT2D eigenvalue weighted by Crippen LogP contribution is -2.31. The van der Waals surface area contributed by atoms with Crippen LogP contribution in [0.1, 0.15) is 33.0 Å². The molecule has 0 saturated heterocycles. The Labute approximate surface area is 139 Å². The number of amides is 1. The van der Waals surface area contributed by atoms with Gasteiger partial charge in [0, 0.05) is 34.6 Å². The van der Waals surface area contributed by atoms with Gasteiger partial charge in [0.2, 0.25) is 0 Å². The maximum atomic E-state index is 11.3. The Kier molecular flexibility index (Phi) is 4.13. The fourth-order valence-electron chi connectivity index (χ4n) is 3.03. The van der Waals surface area contributed by atoms with Crippen LogP contribution in [0.5, 0.6) is 0 Å². The van der Waals surface area contributed by atoms with E-state index in [4.69, 9.17) is 28.9 Å². The summed E-state index contributed by atoms with van der Waals surface area (Å²) in [4.78, 5) is 13.5. The summed E-state index contributed by atoms with van der Waals surface area (Å²) in [5.41, 5.74) is 10.9. The van der Waals surface area contributed by atoms with Crippen molar-refractivity contribution in [3.05, 3.63) is 68.7 Å². The Morgan fingerprint density at radius 3 is 2.77 bits per heavy atom. The molecule has 1 heterocycles. The summed E-state index contributed by atoms with van der Waals surface area (Å²) in [7, 11) is 2.04. The molecule has 22 heavy (non-hydrogen) atoms. The van der Waals surface area contributed by atoms with Crippen LogP contribution < -0.4 is 5.73 Å². The Morgan fingerprint density at radius 1 is 1.27 bits per heavy atom. The van der Waals surface area contributed by atoms with Gasteiger partial charge >= 0.3 is 0 Å². The van der Waals surface area contributed by atoms with Crippen LogP contribution in [0.25, 0.3) is 0 Å². The molecular formula is C17H15Cl2N2O. The number of nitrogens with one attached hydrogen (secondary N) is 1. The summed E-state index contributed by atoms with van der Waals surface area (Å²) in [6, 6.07) is 11.0. The molecule has 1 atom stereocenters. The average molecular weight is 334 g/mol. The highest BCUT2D eigenvalue weighted by Crippen LogP contribution is 2.38. The summed E-state index contributed by atoms with van der Waals surface area (Å²) in [6.45, 7) is 1.60. The molecular weight excluding hydrogens is 319 g/mol. The minimum atomic E-state index is -0.671. The van der Waals surface area contributed by atoms with Crippen molar-refractivity contribution in [2.45, 2.75) is 12.5 Å². The molecule has 1 N–H and O–H groups in total. The molecule has 0 fully saturated rings. The second kappa shape index (κ2) is 5.92. The second-order valence-corrected chi connectivity index (χ2v) is 6.50. The van der Waals surface area contributed by atoms with E-state index in [-0.39, 0.29) is 5.92 Å². The van der Waals surface area contributed by atoms with E-state index >= 15 is 0 Å². The molecule has 3 nitrogen and oxygen atoms in total. The summed E-state index contributed by atoms with van der Waals surface area (Å²) in [5, 5.41) is 1.29. The summed E-state index contributed by atoms with van der Waals surface area (Å²) in [6.07, 6.45) is 0. The molecule has 1 radical (unpaired) electrons. The molecule has 113 valence electrons. The third-order valence-corrected chi connectivity index (χ3v) is 4.60. The van der Waals surface area contributed by atoms with Crippen molar-refractivity contribution in [3.8, 4) is 0 Å². The van der Waals surface area contributed by atoms with E-state index in [2.05, 4.69) is 4.90 Å². The van der Waals surface area contributed by atoms with Gasteiger partial charge in [-0.15, -0.1) is 0 Å². The fourth-order valence-corrected chi connectivity index (χ4v) is 3.60. The fraction of sp³-hybridized carbons (Fsp3) is 0.235. The van der Waals surface area contributed by atoms with Crippen molar-refractivity contribution in [2.75, 3.05) is 13.6 Å². The van der Waals surface area contributed by atoms with Gasteiger partial charge in [0.15, 0.2) is 0 Å². The van der Waals surface area contributed by atoms with Gasteiger partial charge in [0.1, 0.15) is 0 Å². The van der Waals surface area contributed by atoms with Crippen LogP contribution in [0, 0.1) is 0 Å². The number of hydrogen-bond donors (Lipinski definition) is 0. The minimum Gasteiger partial charge on any atom is -0.301 e. The zero-order valence-corrected chi connectivity index (χ0v) is 13.6. The van der Waals surface area contributed by atoms with E-state index in [1.807, 2.05) is 25.2 Å². The molecule has 0 aromatic heterocycles. The monoisotopic (exact) mass is 333 g/mol. The van der Waals surface area contributed by atoms with Gasteiger partial charge in [-0.1, -0.05) is 35.3 Å². The molecule has 5 heteroatoms. The van der Waals surface area contributed by atoms with E-state index in [0.717, 1.165) is 29.8 Å². The molecule has 1 amide bonds. The molecule has 3 rings (SSSR count). The Morgan fingerprint density at radius 2 is 2.05 bits per heavy atom. The van der Waals surface area contributed by atoms with Gasteiger partial charge < -0.3 is 4.90 Å². The first-order chi connectivity index (χ1) is 10.5. The molecule has 0 aliphatic carbocycles. The van der Waals surface area contributed by atoms with Gasteiger partial charge in [0.05, 0.1) is 0 Å². The molecule has 1 aliphatic heterocycles. The van der Waals surface area contributed by atoms with E-state index in [1.165, 1.54) is 0 Å². The highest BCUT2D eigenvalue weighted by atomic mass is 35.5. The lowest BCUT2D eigenvalue weighted by Gasteiger charge is -2.33. The predicted molar refractivity (Wildman–Crippen MR) is 88.5 cm³/mol. The van der Waals surface area contributed by atoms with Crippen LogP contribution in [0.2, 0.25) is 10.0 Å². The van der Waals surface area contributed by atoms with Crippen LogP contribution in [0.4, 0.5) is 0 Å². The van der Waals surface area contributed by atoms with Gasteiger partial charge in [-0.25, -0.2) is 0 Å². The lowest BCUT2D eigenvalue weighted by molar-refractivity contribution is 0.0992. The van der Waals surface area contributed by atoms with Gasteiger partial charge in [-0.05, 0) is 48.0 Å². The number of rotatable bonds is 2. The highest BCUT2D eigenvalue weighted by Gasteiger charge is 2.27.